The van der Waals surface area contributed by atoms with E-state index in [1.165, 1.54) is 4.57 Å². The van der Waals surface area contributed by atoms with Gasteiger partial charge in [-0.3, -0.25) is 14.3 Å². The van der Waals surface area contributed by atoms with Crippen molar-refractivity contribution in [1.82, 2.24) is 9.55 Å². The topological polar surface area (TPSA) is 48.5 Å². The van der Waals surface area contributed by atoms with Crippen LogP contribution < -0.4 is 10.3 Å². The zero-order valence-corrected chi connectivity index (χ0v) is 20.9. The molecule has 0 saturated carbocycles. The van der Waals surface area contributed by atoms with E-state index in [1.807, 2.05) is 36.4 Å². The summed E-state index contributed by atoms with van der Waals surface area (Å²) < 4.78 is 7.53. The van der Waals surface area contributed by atoms with Gasteiger partial charge >= 0.3 is 0 Å². The number of hydrogen-bond donors (Lipinski definition) is 0. The van der Waals surface area contributed by atoms with Crippen molar-refractivity contribution in [3.8, 4) is 33.7 Å². The second-order valence-corrected chi connectivity index (χ2v) is 9.06. The van der Waals surface area contributed by atoms with Gasteiger partial charge in [0.15, 0.2) is 5.69 Å². The van der Waals surface area contributed by atoms with Crippen molar-refractivity contribution in [3.63, 3.8) is 0 Å². The molecule has 0 aliphatic carbocycles. The van der Waals surface area contributed by atoms with Gasteiger partial charge in [-0.2, -0.15) is 0 Å². The van der Waals surface area contributed by atoms with Crippen molar-refractivity contribution in [2.45, 2.75) is 6.61 Å². The highest BCUT2D eigenvalue weighted by molar-refractivity contribution is 6.31. The Bertz CT molecular complexity index is 1690. The molecule has 0 fully saturated rings. The fraction of sp³-hybridized carbons (Fsp3) is 0.0333. The Labute approximate surface area is 224 Å². The minimum Gasteiger partial charge on any atom is -0.489 e. The molecule has 180 valence electrons. The molecule has 0 saturated heterocycles. The molecular formula is C30H19Cl2N3O2. The smallest absolute Gasteiger partial charge is 0.263 e. The Morgan fingerprint density at radius 1 is 0.892 bits per heavy atom. The number of pyridine rings is 2. The summed E-state index contributed by atoms with van der Waals surface area (Å²) in [5.41, 5.74) is 4.10. The van der Waals surface area contributed by atoms with Gasteiger partial charge in [-0.15, -0.1) is 0 Å². The van der Waals surface area contributed by atoms with Crippen LogP contribution in [0.15, 0.2) is 108 Å². The molecule has 0 N–H and O–H groups in total. The van der Waals surface area contributed by atoms with Crippen LogP contribution in [0.4, 0.5) is 5.69 Å². The van der Waals surface area contributed by atoms with Gasteiger partial charge in [0.25, 0.3) is 5.56 Å². The molecule has 2 heterocycles. The predicted octanol–water partition coefficient (Wildman–Crippen LogP) is 8.00. The number of para-hydroxylation sites is 1. The van der Waals surface area contributed by atoms with Crippen LogP contribution in [0.3, 0.4) is 0 Å². The number of halogens is 2. The van der Waals surface area contributed by atoms with Crippen LogP contribution in [0, 0.1) is 6.57 Å². The largest absolute Gasteiger partial charge is 0.489 e. The summed E-state index contributed by atoms with van der Waals surface area (Å²) in [5.74, 6) is 0.502. The lowest BCUT2D eigenvalue weighted by Crippen LogP contribution is -2.20. The first-order valence-corrected chi connectivity index (χ1v) is 12.1. The molecule has 2 aromatic heterocycles. The lowest BCUT2D eigenvalue weighted by atomic mass is 10.00. The van der Waals surface area contributed by atoms with E-state index in [-0.39, 0.29) is 12.2 Å². The summed E-state index contributed by atoms with van der Waals surface area (Å²) in [6, 6.07) is 25.3. The van der Waals surface area contributed by atoms with E-state index < -0.39 is 0 Å². The first-order chi connectivity index (χ1) is 18.0. The SMILES string of the molecule is [C-]#[N+]c1ccccc1-c1cc(-c2cc(Cl)cc(OCc3ccccc3Cl)c2)c(=O)n(-c2cccnc2)c1. The van der Waals surface area contributed by atoms with Gasteiger partial charge in [-0.1, -0.05) is 65.7 Å². The maximum atomic E-state index is 13.7. The molecule has 5 aromatic rings. The molecule has 5 nitrogen and oxygen atoms in total. The van der Waals surface area contributed by atoms with Crippen LogP contribution in [-0.2, 0) is 6.61 Å². The van der Waals surface area contributed by atoms with Gasteiger partial charge in [0, 0.05) is 33.6 Å². The number of hydrogen-bond acceptors (Lipinski definition) is 3. The lowest BCUT2D eigenvalue weighted by molar-refractivity contribution is 0.306. The normalized spacial score (nSPS) is 10.6. The van der Waals surface area contributed by atoms with E-state index in [9.17, 15) is 4.79 Å². The molecule has 0 spiro atoms. The molecular weight excluding hydrogens is 505 g/mol. The van der Waals surface area contributed by atoms with E-state index >= 15 is 0 Å². The Morgan fingerprint density at radius 3 is 2.49 bits per heavy atom. The fourth-order valence-electron chi connectivity index (χ4n) is 4.02. The molecule has 0 atom stereocenters. The second-order valence-electron chi connectivity index (χ2n) is 8.21. The van der Waals surface area contributed by atoms with Crippen molar-refractivity contribution in [3.05, 3.63) is 141 Å². The maximum absolute atomic E-state index is 13.7. The average molecular weight is 524 g/mol. The van der Waals surface area contributed by atoms with Crippen molar-refractivity contribution >= 4 is 28.9 Å². The maximum Gasteiger partial charge on any atom is 0.263 e. The lowest BCUT2D eigenvalue weighted by Gasteiger charge is -2.14. The third kappa shape index (κ3) is 5.26. The average Bonchev–Trinajstić information content (AvgIpc) is 2.93. The molecule has 0 amide bonds. The zero-order chi connectivity index (χ0) is 25.8. The van der Waals surface area contributed by atoms with Crippen molar-refractivity contribution < 1.29 is 4.74 Å². The summed E-state index contributed by atoms with van der Waals surface area (Å²) >= 11 is 12.7. The van der Waals surface area contributed by atoms with Gasteiger partial charge in [0.05, 0.1) is 18.5 Å². The summed E-state index contributed by atoms with van der Waals surface area (Å²) in [6.45, 7) is 7.85. The van der Waals surface area contributed by atoms with Gasteiger partial charge in [-0.05, 0) is 59.2 Å². The highest BCUT2D eigenvalue weighted by atomic mass is 35.5. The van der Waals surface area contributed by atoms with Crippen LogP contribution in [0.1, 0.15) is 5.56 Å². The second kappa shape index (κ2) is 10.7. The van der Waals surface area contributed by atoms with Gasteiger partial charge in [-0.25, -0.2) is 4.85 Å². The third-order valence-electron chi connectivity index (χ3n) is 5.81. The number of ether oxygens (including phenoxy) is 1. The van der Waals surface area contributed by atoms with Crippen molar-refractivity contribution in [2.24, 2.45) is 0 Å². The first-order valence-electron chi connectivity index (χ1n) is 11.3. The molecule has 37 heavy (non-hydrogen) atoms. The number of rotatable bonds is 6. The van der Waals surface area contributed by atoms with Gasteiger partial charge < -0.3 is 4.74 Å². The third-order valence-corrected chi connectivity index (χ3v) is 6.40. The van der Waals surface area contributed by atoms with E-state index in [2.05, 4.69) is 9.83 Å². The minimum atomic E-state index is -0.253. The van der Waals surface area contributed by atoms with E-state index in [4.69, 9.17) is 34.5 Å². The summed E-state index contributed by atoms with van der Waals surface area (Å²) in [6.07, 6.45) is 4.99. The predicted molar refractivity (Wildman–Crippen MR) is 148 cm³/mol. The Morgan fingerprint density at radius 2 is 1.70 bits per heavy atom. The van der Waals surface area contributed by atoms with E-state index in [1.54, 1.807) is 67.1 Å². The zero-order valence-electron chi connectivity index (χ0n) is 19.4. The van der Waals surface area contributed by atoms with Crippen LogP contribution in [0.5, 0.6) is 5.75 Å². The quantitative estimate of drug-likeness (QED) is 0.212. The van der Waals surface area contributed by atoms with E-state index in [0.717, 1.165) is 5.56 Å². The standard InChI is InChI=1S/C30H19Cl2N3O2/c1-33-29-11-5-3-9-26(29)22-15-27(30(36)35(18-22)24-8-6-12-34-17-24)21-13-23(31)16-25(14-21)37-19-20-7-2-4-10-28(20)32/h2-18H,19H2. The van der Waals surface area contributed by atoms with Crippen LogP contribution in [0.2, 0.25) is 10.0 Å². The number of benzene rings is 3. The first kappa shape index (κ1) is 24.3. The van der Waals surface area contributed by atoms with E-state index in [0.29, 0.717) is 49.4 Å². The van der Waals surface area contributed by atoms with Crippen LogP contribution >= 0.6 is 23.2 Å². The van der Waals surface area contributed by atoms with Crippen molar-refractivity contribution in [2.75, 3.05) is 0 Å². The molecule has 7 heteroatoms. The Hall–Kier alpha value is -4.37. The molecule has 3 aromatic carbocycles. The molecule has 0 aliphatic rings. The Kier molecular flexibility index (Phi) is 7.04. The molecule has 0 aliphatic heterocycles. The Balaban J connectivity index is 1.65. The summed E-state index contributed by atoms with van der Waals surface area (Å²) in [7, 11) is 0. The number of nitrogens with zero attached hydrogens (tertiary/aromatic N) is 3. The van der Waals surface area contributed by atoms with Gasteiger partial charge in [0.1, 0.15) is 12.4 Å². The fourth-order valence-corrected chi connectivity index (χ4v) is 4.43. The summed E-state index contributed by atoms with van der Waals surface area (Å²) in [5, 5.41) is 1.03. The molecule has 0 radical (unpaired) electrons. The van der Waals surface area contributed by atoms with Crippen molar-refractivity contribution in [1.29, 1.82) is 0 Å². The molecule has 5 rings (SSSR count). The van der Waals surface area contributed by atoms with Crippen LogP contribution in [0.25, 0.3) is 32.8 Å². The van der Waals surface area contributed by atoms with Crippen LogP contribution in [-0.4, -0.2) is 9.55 Å². The molecule has 0 bridgehead atoms. The van der Waals surface area contributed by atoms with Gasteiger partial charge in [0.2, 0.25) is 0 Å². The highest BCUT2D eigenvalue weighted by Gasteiger charge is 2.15. The monoisotopic (exact) mass is 523 g/mol. The minimum absolute atomic E-state index is 0.248. The number of aromatic nitrogens is 2. The summed E-state index contributed by atoms with van der Waals surface area (Å²) in [4.78, 5) is 21.6. The molecule has 0 unspecified atom stereocenters. The highest BCUT2D eigenvalue weighted by Crippen LogP contribution is 2.34.